The van der Waals surface area contributed by atoms with Gasteiger partial charge in [0.15, 0.2) is 0 Å². The highest BCUT2D eigenvalue weighted by Gasteiger charge is 2.22. The Labute approximate surface area is 222 Å². The molecule has 1 heterocycles. The third-order valence-electron chi connectivity index (χ3n) is 7.37. The fourth-order valence-corrected chi connectivity index (χ4v) is 5.18. The number of amides is 2. The molecule has 0 bridgehead atoms. The average molecular weight is 515 g/mol. The molecular formula is C30H34N4O4. The third-order valence-corrected chi connectivity index (χ3v) is 7.37. The van der Waals surface area contributed by atoms with Crippen molar-refractivity contribution in [3.63, 3.8) is 0 Å². The molecule has 1 unspecified atom stereocenters. The summed E-state index contributed by atoms with van der Waals surface area (Å²) < 4.78 is 1.87. The Balaban J connectivity index is 1.56. The van der Waals surface area contributed by atoms with E-state index in [-0.39, 0.29) is 24.3 Å². The Morgan fingerprint density at radius 3 is 2.61 bits per heavy atom. The van der Waals surface area contributed by atoms with E-state index in [9.17, 15) is 19.6 Å². The number of nitrogens with zero attached hydrogens (tertiary/aromatic N) is 2. The molecule has 1 aromatic heterocycles. The van der Waals surface area contributed by atoms with Crippen molar-refractivity contribution in [3.8, 4) is 6.07 Å². The van der Waals surface area contributed by atoms with Crippen LogP contribution in [-0.2, 0) is 16.0 Å². The molecule has 1 aliphatic carbocycles. The number of aryl methyl sites for hydroxylation is 2. The Bertz CT molecular complexity index is 1400. The smallest absolute Gasteiger partial charge is 0.303 e. The topological polar surface area (TPSA) is 124 Å². The molecule has 3 aromatic rings. The van der Waals surface area contributed by atoms with E-state index >= 15 is 0 Å². The Hall–Kier alpha value is -4.12. The zero-order valence-electron chi connectivity index (χ0n) is 21.9. The summed E-state index contributed by atoms with van der Waals surface area (Å²) in [5, 5.41) is 25.4. The van der Waals surface area contributed by atoms with E-state index in [1.807, 2.05) is 35.9 Å². The minimum atomic E-state index is -0.875. The Morgan fingerprint density at radius 1 is 1.13 bits per heavy atom. The van der Waals surface area contributed by atoms with Crippen molar-refractivity contribution in [2.45, 2.75) is 77.3 Å². The molecular weight excluding hydrogens is 480 g/mol. The maximum absolute atomic E-state index is 13.4. The number of carboxylic acid groups (broad SMARTS) is 1. The number of benzene rings is 2. The lowest BCUT2D eigenvalue weighted by atomic mass is 9.95. The highest BCUT2D eigenvalue weighted by Crippen LogP contribution is 2.28. The lowest BCUT2D eigenvalue weighted by Crippen LogP contribution is -2.36. The number of aromatic nitrogens is 1. The van der Waals surface area contributed by atoms with E-state index in [2.05, 4.69) is 16.7 Å². The van der Waals surface area contributed by atoms with Gasteiger partial charge in [0.25, 0.3) is 5.91 Å². The second-order valence-corrected chi connectivity index (χ2v) is 10.2. The summed E-state index contributed by atoms with van der Waals surface area (Å²) >= 11 is 0. The van der Waals surface area contributed by atoms with E-state index in [0.29, 0.717) is 29.7 Å². The summed E-state index contributed by atoms with van der Waals surface area (Å²) in [6.45, 7) is 3.77. The molecule has 1 atom stereocenters. The van der Waals surface area contributed by atoms with Gasteiger partial charge in [-0.3, -0.25) is 14.4 Å². The van der Waals surface area contributed by atoms with Gasteiger partial charge in [0, 0.05) is 40.8 Å². The monoisotopic (exact) mass is 514 g/mol. The first-order chi connectivity index (χ1) is 18.3. The molecule has 1 fully saturated rings. The Morgan fingerprint density at radius 2 is 1.89 bits per heavy atom. The first kappa shape index (κ1) is 26.9. The number of hydrogen-bond donors (Lipinski definition) is 3. The van der Waals surface area contributed by atoms with Gasteiger partial charge < -0.3 is 20.3 Å². The lowest BCUT2D eigenvalue weighted by Gasteiger charge is -2.23. The number of nitriles is 1. The predicted octanol–water partition coefficient (Wildman–Crippen LogP) is 5.49. The van der Waals surface area contributed by atoms with E-state index in [1.54, 1.807) is 25.1 Å². The number of fused-ring (bicyclic) bond motifs is 1. The number of hydrogen-bond acceptors (Lipinski definition) is 4. The quantitative estimate of drug-likeness (QED) is 0.348. The summed E-state index contributed by atoms with van der Waals surface area (Å²) in [5.74, 6) is -1.24. The van der Waals surface area contributed by atoms with Crippen molar-refractivity contribution in [3.05, 3.63) is 64.8 Å². The van der Waals surface area contributed by atoms with Crippen molar-refractivity contribution < 1.29 is 19.5 Å². The molecule has 8 heteroatoms. The van der Waals surface area contributed by atoms with E-state index in [0.717, 1.165) is 47.7 Å². The van der Waals surface area contributed by atoms with Gasteiger partial charge >= 0.3 is 5.97 Å². The number of rotatable bonds is 9. The average Bonchev–Trinajstić information content (AvgIpc) is 3.24. The first-order valence-electron chi connectivity index (χ1n) is 13.2. The molecule has 38 heavy (non-hydrogen) atoms. The number of carbonyl (C=O) groups is 3. The zero-order valence-corrected chi connectivity index (χ0v) is 21.9. The largest absolute Gasteiger partial charge is 0.481 e. The molecule has 1 aliphatic rings. The second kappa shape index (κ2) is 12.0. The highest BCUT2D eigenvalue weighted by molar-refractivity contribution is 6.00. The lowest BCUT2D eigenvalue weighted by molar-refractivity contribution is -0.137. The number of aliphatic carboxylic acids is 1. The van der Waals surface area contributed by atoms with Crippen LogP contribution in [0, 0.1) is 18.3 Å². The van der Waals surface area contributed by atoms with Crippen LogP contribution in [0.1, 0.15) is 85.0 Å². The van der Waals surface area contributed by atoms with Gasteiger partial charge in [-0.15, -0.1) is 0 Å². The summed E-state index contributed by atoms with van der Waals surface area (Å²) in [6, 6.07) is 12.3. The zero-order chi connectivity index (χ0) is 27.2. The van der Waals surface area contributed by atoms with Crippen LogP contribution >= 0.6 is 0 Å². The van der Waals surface area contributed by atoms with Crippen LogP contribution in [0.15, 0.2) is 42.6 Å². The standard InChI is InChI=1S/C30H34N4O4/c1-19-18-34(27-16-23(13-14-25(19)27)30(38)32-24-8-4-3-5-9-24)20(2)29(37)33-26-15-21(17-31)11-12-22(26)7-6-10-28(35)36/h11-16,18,20,24H,3-10H2,1-2H3,(H,32,38)(H,33,37)(H,35,36). The van der Waals surface area contributed by atoms with Gasteiger partial charge in [0.05, 0.1) is 11.6 Å². The fraction of sp³-hybridized carbons (Fsp3) is 0.400. The van der Waals surface area contributed by atoms with Gasteiger partial charge in [-0.2, -0.15) is 5.26 Å². The number of anilines is 1. The minimum Gasteiger partial charge on any atom is -0.481 e. The normalized spacial score (nSPS) is 14.6. The SMILES string of the molecule is Cc1cn(C(C)C(=O)Nc2cc(C#N)ccc2CCCC(=O)O)c2cc(C(=O)NC3CCCCC3)ccc12. The maximum atomic E-state index is 13.4. The van der Waals surface area contributed by atoms with E-state index in [1.165, 1.54) is 6.42 Å². The molecule has 1 saturated carbocycles. The Kier molecular flexibility index (Phi) is 8.47. The molecule has 2 aromatic carbocycles. The van der Waals surface area contributed by atoms with Crippen molar-refractivity contribution in [2.24, 2.45) is 0 Å². The minimum absolute atomic E-state index is 0.0229. The van der Waals surface area contributed by atoms with Gasteiger partial charge in [-0.1, -0.05) is 31.4 Å². The molecule has 0 spiro atoms. The fourth-order valence-electron chi connectivity index (χ4n) is 5.18. The van der Waals surface area contributed by atoms with E-state index in [4.69, 9.17) is 5.11 Å². The van der Waals surface area contributed by atoms with Gasteiger partial charge in [-0.05, 0) is 74.9 Å². The van der Waals surface area contributed by atoms with E-state index < -0.39 is 12.0 Å². The number of carboxylic acids is 1. The number of carbonyl (C=O) groups excluding carboxylic acids is 2. The maximum Gasteiger partial charge on any atom is 0.303 e. The van der Waals surface area contributed by atoms with Crippen LogP contribution in [0.3, 0.4) is 0 Å². The predicted molar refractivity (Wildman–Crippen MR) is 146 cm³/mol. The summed E-state index contributed by atoms with van der Waals surface area (Å²) in [6.07, 6.45) is 8.33. The van der Waals surface area contributed by atoms with Crippen molar-refractivity contribution in [2.75, 3.05) is 5.32 Å². The molecule has 0 radical (unpaired) electrons. The third kappa shape index (κ3) is 6.23. The van der Waals surface area contributed by atoms with Crippen LogP contribution in [0.5, 0.6) is 0 Å². The van der Waals surface area contributed by atoms with Crippen molar-refractivity contribution in [1.82, 2.24) is 9.88 Å². The first-order valence-corrected chi connectivity index (χ1v) is 13.2. The van der Waals surface area contributed by atoms with Crippen molar-refractivity contribution >= 4 is 34.4 Å². The van der Waals surface area contributed by atoms with Crippen LogP contribution in [0.2, 0.25) is 0 Å². The second-order valence-electron chi connectivity index (χ2n) is 10.2. The van der Waals surface area contributed by atoms with Crippen LogP contribution in [-0.4, -0.2) is 33.5 Å². The molecule has 4 rings (SSSR count). The summed E-state index contributed by atoms with van der Waals surface area (Å²) in [7, 11) is 0. The van der Waals surface area contributed by atoms with Gasteiger partial charge in [0.2, 0.25) is 5.91 Å². The molecule has 0 aliphatic heterocycles. The highest BCUT2D eigenvalue weighted by atomic mass is 16.4. The van der Waals surface area contributed by atoms with Gasteiger partial charge in [-0.25, -0.2) is 0 Å². The van der Waals surface area contributed by atoms with Crippen LogP contribution < -0.4 is 10.6 Å². The molecule has 2 amide bonds. The molecule has 8 nitrogen and oxygen atoms in total. The molecule has 3 N–H and O–H groups in total. The van der Waals surface area contributed by atoms with Gasteiger partial charge in [0.1, 0.15) is 6.04 Å². The summed E-state index contributed by atoms with van der Waals surface area (Å²) in [4.78, 5) is 37.3. The van der Waals surface area contributed by atoms with Crippen LogP contribution in [0.25, 0.3) is 10.9 Å². The van der Waals surface area contributed by atoms with Crippen molar-refractivity contribution in [1.29, 1.82) is 5.26 Å². The number of nitrogens with one attached hydrogen (secondary N) is 2. The van der Waals surface area contributed by atoms with Crippen LogP contribution in [0.4, 0.5) is 5.69 Å². The molecule has 198 valence electrons. The molecule has 0 saturated heterocycles. The summed E-state index contributed by atoms with van der Waals surface area (Å²) in [5.41, 5.74) is 4.06.